The van der Waals surface area contributed by atoms with E-state index in [1.165, 1.54) is 24.6 Å². The molecule has 0 aromatic heterocycles. The van der Waals surface area contributed by atoms with Gasteiger partial charge in [0.1, 0.15) is 17.4 Å². The zero-order valence-electron chi connectivity index (χ0n) is 11.4. The van der Waals surface area contributed by atoms with Crippen molar-refractivity contribution in [2.24, 2.45) is 5.92 Å². The maximum absolute atomic E-state index is 13.6. The van der Waals surface area contributed by atoms with E-state index < -0.39 is 11.6 Å². The van der Waals surface area contributed by atoms with Gasteiger partial charge in [0, 0.05) is 30.0 Å². The van der Waals surface area contributed by atoms with Crippen molar-refractivity contribution in [1.29, 1.82) is 0 Å². The molecule has 2 aliphatic heterocycles. The lowest BCUT2D eigenvalue weighted by molar-refractivity contribution is -0.124. The van der Waals surface area contributed by atoms with Crippen molar-refractivity contribution in [3.8, 4) is 0 Å². The molecule has 2 saturated heterocycles. The number of carbonyl (C=O) groups is 1. The molecule has 2 aliphatic rings. The van der Waals surface area contributed by atoms with E-state index in [4.69, 9.17) is 0 Å². The highest BCUT2D eigenvalue weighted by Gasteiger charge is 2.34. The number of fused-ring (bicyclic) bond motifs is 2. The smallest absolute Gasteiger partial charge is 0.140 e. The summed E-state index contributed by atoms with van der Waals surface area (Å²) in [5.74, 6) is -1.31. The lowest BCUT2D eigenvalue weighted by atomic mass is 9.77. The van der Waals surface area contributed by atoms with Crippen LogP contribution < -0.4 is 5.32 Å². The second kappa shape index (κ2) is 5.60. The zero-order valence-corrected chi connectivity index (χ0v) is 11.4. The van der Waals surface area contributed by atoms with Crippen LogP contribution in [0.25, 0.3) is 0 Å². The predicted molar refractivity (Wildman–Crippen MR) is 72.4 cm³/mol. The fourth-order valence-corrected chi connectivity index (χ4v) is 3.55. The van der Waals surface area contributed by atoms with Crippen molar-refractivity contribution in [2.75, 3.05) is 0 Å². The van der Waals surface area contributed by atoms with Crippen molar-refractivity contribution < 1.29 is 13.6 Å². The molecule has 2 nitrogen and oxygen atoms in total. The first kappa shape index (κ1) is 13.7. The van der Waals surface area contributed by atoms with Gasteiger partial charge >= 0.3 is 0 Å². The average molecular weight is 279 g/mol. The molecule has 0 radical (unpaired) electrons. The van der Waals surface area contributed by atoms with Crippen molar-refractivity contribution in [3.05, 3.63) is 35.4 Å². The van der Waals surface area contributed by atoms with Crippen LogP contribution in [0.4, 0.5) is 8.78 Å². The van der Waals surface area contributed by atoms with Crippen LogP contribution >= 0.6 is 0 Å². The molecule has 2 atom stereocenters. The standard InChI is InChI=1S/C16H19F2NO/c17-14-5-2-6-15(18)13(14)9-16(20)10-7-11-3-1-4-12(8-10)19-11/h2,5-6,10-12,19H,1,3-4,7-9H2. The first-order chi connectivity index (χ1) is 9.63. The largest absolute Gasteiger partial charge is 0.311 e. The Kier molecular flexibility index (Phi) is 3.83. The van der Waals surface area contributed by atoms with E-state index in [-0.39, 0.29) is 23.7 Å². The minimum atomic E-state index is -0.618. The van der Waals surface area contributed by atoms with E-state index in [2.05, 4.69) is 5.32 Å². The Morgan fingerprint density at radius 3 is 2.35 bits per heavy atom. The molecular formula is C16H19F2NO. The molecule has 20 heavy (non-hydrogen) atoms. The molecule has 2 unspecified atom stereocenters. The topological polar surface area (TPSA) is 29.1 Å². The third kappa shape index (κ3) is 2.75. The molecule has 4 heteroatoms. The average Bonchev–Trinajstić information content (AvgIpc) is 2.42. The summed E-state index contributed by atoms with van der Waals surface area (Å²) in [6, 6.07) is 4.56. The summed E-state index contributed by atoms with van der Waals surface area (Å²) in [5.41, 5.74) is -0.0822. The molecule has 3 rings (SSSR count). The summed E-state index contributed by atoms with van der Waals surface area (Å²) in [5, 5.41) is 3.52. The monoisotopic (exact) mass is 279 g/mol. The van der Waals surface area contributed by atoms with E-state index in [1.54, 1.807) is 0 Å². The number of hydrogen-bond donors (Lipinski definition) is 1. The predicted octanol–water partition coefficient (Wildman–Crippen LogP) is 3.00. The number of nitrogens with one attached hydrogen (secondary N) is 1. The van der Waals surface area contributed by atoms with Crippen LogP contribution in [0.3, 0.4) is 0 Å². The fraction of sp³-hybridized carbons (Fsp3) is 0.562. The van der Waals surface area contributed by atoms with Crippen LogP contribution in [0.5, 0.6) is 0 Å². The summed E-state index contributed by atoms with van der Waals surface area (Å²) in [7, 11) is 0. The van der Waals surface area contributed by atoms with Crippen LogP contribution in [0.2, 0.25) is 0 Å². The highest BCUT2D eigenvalue weighted by atomic mass is 19.1. The summed E-state index contributed by atoms with van der Waals surface area (Å²) in [4.78, 5) is 12.3. The molecule has 108 valence electrons. The molecule has 0 saturated carbocycles. The van der Waals surface area contributed by atoms with E-state index in [0.717, 1.165) is 25.7 Å². The molecule has 0 spiro atoms. The highest BCUT2D eigenvalue weighted by Crippen LogP contribution is 2.31. The van der Waals surface area contributed by atoms with Crippen LogP contribution in [0.15, 0.2) is 18.2 Å². The Balaban J connectivity index is 1.70. The first-order valence-corrected chi connectivity index (χ1v) is 7.35. The number of rotatable bonds is 3. The van der Waals surface area contributed by atoms with Crippen molar-refractivity contribution in [2.45, 2.75) is 50.6 Å². The first-order valence-electron chi connectivity index (χ1n) is 7.35. The van der Waals surface area contributed by atoms with Gasteiger partial charge in [0.25, 0.3) is 0 Å². The van der Waals surface area contributed by atoms with E-state index >= 15 is 0 Å². The molecule has 1 aromatic rings. The summed E-state index contributed by atoms with van der Waals surface area (Å²) in [6.07, 6.45) is 4.92. The molecule has 1 aromatic carbocycles. The molecule has 2 fully saturated rings. The minimum absolute atomic E-state index is 0.0209. The number of Topliss-reactive ketones (excluding diaryl/α,β-unsaturated/α-hetero) is 1. The second-order valence-corrected chi connectivity index (χ2v) is 6.00. The zero-order chi connectivity index (χ0) is 14.1. The van der Waals surface area contributed by atoms with Gasteiger partial charge in [0.15, 0.2) is 0 Å². The van der Waals surface area contributed by atoms with Gasteiger partial charge in [0.2, 0.25) is 0 Å². The minimum Gasteiger partial charge on any atom is -0.311 e. The molecule has 2 heterocycles. The fourth-order valence-electron chi connectivity index (χ4n) is 3.55. The van der Waals surface area contributed by atoms with Gasteiger partial charge in [-0.1, -0.05) is 12.5 Å². The third-order valence-corrected chi connectivity index (χ3v) is 4.58. The van der Waals surface area contributed by atoms with Gasteiger partial charge in [-0.3, -0.25) is 4.79 Å². The highest BCUT2D eigenvalue weighted by molar-refractivity contribution is 5.83. The summed E-state index contributed by atoms with van der Waals surface area (Å²) >= 11 is 0. The van der Waals surface area contributed by atoms with Gasteiger partial charge in [-0.25, -0.2) is 8.78 Å². The molecular weight excluding hydrogens is 260 g/mol. The van der Waals surface area contributed by atoms with Gasteiger partial charge in [0.05, 0.1) is 0 Å². The van der Waals surface area contributed by atoms with E-state index in [1.807, 2.05) is 0 Å². The van der Waals surface area contributed by atoms with Gasteiger partial charge < -0.3 is 5.32 Å². The number of carbonyl (C=O) groups excluding carboxylic acids is 1. The van der Waals surface area contributed by atoms with Crippen LogP contribution in [0.1, 0.15) is 37.7 Å². The lowest BCUT2D eigenvalue weighted by Crippen LogP contribution is -2.50. The van der Waals surface area contributed by atoms with E-state index in [0.29, 0.717) is 12.1 Å². The quantitative estimate of drug-likeness (QED) is 0.921. The second-order valence-electron chi connectivity index (χ2n) is 6.00. The number of ketones is 1. The Hall–Kier alpha value is -1.29. The molecule has 0 aliphatic carbocycles. The molecule has 2 bridgehead atoms. The summed E-state index contributed by atoms with van der Waals surface area (Å²) < 4.78 is 27.2. The number of piperidine rings is 2. The van der Waals surface area contributed by atoms with Crippen molar-refractivity contribution >= 4 is 5.78 Å². The Bertz CT molecular complexity index is 485. The van der Waals surface area contributed by atoms with Crippen LogP contribution in [-0.4, -0.2) is 17.9 Å². The maximum atomic E-state index is 13.6. The van der Waals surface area contributed by atoms with E-state index in [9.17, 15) is 13.6 Å². The third-order valence-electron chi connectivity index (χ3n) is 4.58. The van der Waals surface area contributed by atoms with Crippen molar-refractivity contribution in [1.82, 2.24) is 5.32 Å². The maximum Gasteiger partial charge on any atom is 0.140 e. The Morgan fingerprint density at radius 2 is 1.75 bits per heavy atom. The molecule has 1 N–H and O–H groups in total. The Labute approximate surface area is 117 Å². The van der Waals surface area contributed by atoms with Gasteiger partial charge in [-0.05, 0) is 37.8 Å². The normalized spacial score (nSPS) is 29.2. The lowest BCUT2D eigenvalue weighted by Gasteiger charge is -2.39. The Morgan fingerprint density at radius 1 is 1.15 bits per heavy atom. The number of benzene rings is 1. The van der Waals surface area contributed by atoms with Crippen LogP contribution in [-0.2, 0) is 11.2 Å². The van der Waals surface area contributed by atoms with Crippen LogP contribution in [0, 0.1) is 17.6 Å². The number of halogens is 2. The SMILES string of the molecule is O=C(Cc1c(F)cccc1F)C1CC2CCCC(C1)N2. The van der Waals surface area contributed by atoms with Gasteiger partial charge in [-0.2, -0.15) is 0 Å². The summed E-state index contributed by atoms with van der Waals surface area (Å²) in [6.45, 7) is 0. The number of hydrogen-bond acceptors (Lipinski definition) is 2. The van der Waals surface area contributed by atoms with Gasteiger partial charge in [-0.15, -0.1) is 0 Å². The van der Waals surface area contributed by atoms with Crippen molar-refractivity contribution in [3.63, 3.8) is 0 Å². The molecule has 0 amide bonds.